The number of methoxy groups -OCH3 is 1. The average molecular weight is 350 g/mol. The average Bonchev–Trinajstić information content (AvgIpc) is 3.38. The summed E-state index contributed by atoms with van der Waals surface area (Å²) >= 11 is 0. The Labute approximate surface area is 155 Å². The first-order chi connectivity index (χ1) is 12.5. The molecule has 0 aromatic heterocycles. The molecule has 1 saturated heterocycles. The van der Waals surface area contributed by atoms with Crippen molar-refractivity contribution in [1.82, 2.24) is 4.90 Å². The van der Waals surface area contributed by atoms with Crippen LogP contribution in [0.3, 0.4) is 0 Å². The number of aryl methyl sites for hydroxylation is 1. The number of hydrogen-bond donors (Lipinski definition) is 1. The smallest absolute Gasteiger partial charge is 0.233 e. The normalized spacial score (nSPS) is 23.7. The van der Waals surface area contributed by atoms with Crippen LogP contribution in [0.4, 0.5) is 0 Å². The number of carbonyl (C=O) groups excluding carboxylic acids is 1. The van der Waals surface area contributed by atoms with Gasteiger partial charge in [-0.3, -0.25) is 4.79 Å². The molecule has 0 spiro atoms. The van der Waals surface area contributed by atoms with Crippen LogP contribution in [0.1, 0.15) is 35.4 Å². The van der Waals surface area contributed by atoms with E-state index in [4.69, 9.17) is 10.5 Å². The van der Waals surface area contributed by atoms with Crippen LogP contribution in [0.25, 0.3) is 0 Å². The zero-order valence-corrected chi connectivity index (χ0v) is 15.4. The predicted molar refractivity (Wildman–Crippen MR) is 102 cm³/mol. The highest BCUT2D eigenvalue weighted by molar-refractivity contribution is 5.92. The summed E-state index contributed by atoms with van der Waals surface area (Å²) in [4.78, 5) is 15.3. The van der Waals surface area contributed by atoms with Gasteiger partial charge in [0.15, 0.2) is 0 Å². The van der Waals surface area contributed by atoms with E-state index in [1.165, 1.54) is 5.56 Å². The molecular weight excluding hydrogens is 324 g/mol. The largest absolute Gasteiger partial charge is 0.496 e. The molecule has 2 fully saturated rings. The monoisotopic (exact) mass is 350 g/mol. The Balaban J connectivity index is 1.56. The number of benzene rings is 2. The first-order valence-corrected chi connectivity index (χ1v) is 9.30. The molecule has 1 saturated carbocycles. The van der Waals surface area contributed by atoms with Crippen molar-refractivity contribution in [2.75, 3.05) is 20.2 Å². The number of carbonyl (C=O) groups is 1. The molecule has 26 heavy (non-hydrogen) atoms. The minimum atomic E-state index is -0.383. The Morgan fingerprint density at radius 2 is 1.88 bits per heavy atom. The first kappa shape index (κ1) is 17.1. The van der Waals surface area contributed by atoms with Crippen molar-refractivity contribution in [3.05, 3.63) is 65.2 Å². The summed E-state index contributed by atoms with van der Waals surface area (Å²) in [6.45, 7) is 3.35. The molecule has 2 aromatic carbocycles. The number of rotatable bonds is 4. The molecule has 1 amide bonds. The SMILES string of the molecule is COc1cc(C2(C(=O)N3C[C@@H](N)[C@H](c4ccccc4)C3)CC2)ccc1C. The zero-order valence-electron chi connectivity index (χ0n) is 15.4. The third-order valence-electron chi connectivity index (χ3n) is 6.00. The third-order valence-corrected chi connectivity index (χ3v) is 6.00. The number of likely N-dealkylation sites (tertiary alicyclic amines) is 1. The van der Waals surface area contributed by atoms with Crippen LogP contribution >= 0.6 is 0 Å². The highest BCUT2D eigenvalue weighted by Crippen LogP contribution is 2.51. The fourth-order valence-corrected chi connectivity index (χ4v) is 4.22. The molecule has 136 valence electrons. The maximum atomic E-state index is 13.4. The Morgan fingerprint density at radius 3 is 2.54 bits per heavy atom. The fourth-order valence-electron chi connectivity index (χ4n) is 4.22. The highest BCUT2D eigenvalue weighted by atomic mass is 16.5. The molecular formula is C22H26N2O2. The molecule has 2 atom stereocenters. The molecule has 2 aliphatic rings. The Hall–Kier alpha value is -2.33. The Morgan fingerprint density at radius 1 is 1.15 bits per heavy atom. The molecule has 0 radical (unpaired) electrons. The lowest BCUT2D eigenvalue weighted by Crippen LogP contribution is -2.39. The second kappa shape index (κ2) is 6.44. The van der Waals surface area contributed by atoms with Gasteiger partial charge in [0.05, 0.1) is 12.5 Å². The second-order valence-electron chi connectivity index (χ2n) is 7.66. The second-order valence-corrected chi connectivity index (χ2v) is 7.66. The summed E-state index contributed by atoms with van der Waals surface area (Å²) in [5.74, 6) is 1.28. The molecule has 1 aliphatic heterocycles. The van der Waals surface area contributed by atoms with Gasteiger partial charge in [0.25, 0.3) is 0 Å². The van der Waals surface area contributed by atoms with E-state index >= 15 is 0 Å². The third kappa shape index (κ3) is 2.78. The van der Waals surface area contributed by atoms with Crippen molar-refractivity contribution in [3.63, 3.8) is 0 Å². The van der Waals surface area contributed by atoms with E-state index in [0.29, 0.717) is 13.1 Å². The van der Waals surface area contributed by atoms with Crippen LogP contribution in [-0.2, 0) is 10.2 Å². The molecule has 1 heterocycles. The first-order valence-electron chi connectivity index (χ1n) is 9.30. The van der Waals surface area contributed by atoms with Crippen LogP contribution < -0.4 is 10.5 Å². The molecule has 4 rings (SSSR count). The van der Waals surface area contributed by atoms with Crippen LogP contribution in [0.15, 0.2) is 48.5 Å². The van der Waals surface area contributed by atoms with Crippen molar-refractivity contribution in [3.8, 4) is 5.75 Å². The van der Waals surface area contributed by atoms with E-state index in [1.807, 2.05) is 42.2 Å². The van der Waals surface area contributed by atoms with Gasteiger partial charge in [-0.05, 0) is 42.5 Å². The van der Waals surface area contributed by atoms with Crippen molar-refractivity contribution in [1.29, 1.82) is 0 Å². The maximum Gasteiger partial charge on any atom is 0.233 e. The number of ether oxygens (including phenoxy) is 1. The highest BCUT2D eigenvalue weighted by Gasteiger charge is 2.54. The topological polar surface area (TPSA) is 55.6 Å². The Kier molecular flexibility index (Phi) is 4.23. The van der Waals surface area contributed by atoms with Gasteiger partial charge in [0.1, 0.15) is 5.75 Å². The lowest BCUT2D eigenvalue weighted by Gasteiger charge is -2.24. The number of nitrogens with two attached hydrogens (primary N) is 1. The molecule has 2 aromatic rings. The summed E-state index contributed by atoms with van der Waals surface area (Å²) in [6, 6.07) is 16.4. The van der Waals surface area contributed by atoms with E-state index in [2.05, 4.69) is 18.2 Å². The van der Waals surface area contributed by atoms with Crippen LogP contribution in [-0.4, -0.2) is 37.0 Å². The fraction of sp³-hybridized carbons (Fsp3) is 0.409. The summed E-state index contributed by atoms with van der Waals surface area (Å²) in [6.07, 6.45) is 1.81. The predicted octanol–water partition coefficient (Wildman–Crippen LogP) is 2.99. The van der Waals surface area contributed by atoms with Gasteiger partial charge in [0, 0.05) is 25.0 Å². The van der Waals surface area contributed by atoms with Crippen molar-refractivity contribution in [2.45, 2.75) is 37.1 Å². The molecule has 4 nitrogen and oxygen atoms in total. The summed E-state index contributed by atoms with van der Waals surface area (Å²) in [5.41, 5.74) is 9.39. The van der Waals surface area contributed by atoms with Gasteiger partial charge < -0.3 is 15.4 Å². The number of hydrogen-bond acceptors (Lipinski definition) is 3. The molecule has 1 aliphatic carbocycles. The van der Waals surface area contributed by atoms with Gasteiger partial charge in [-0.1, -0.05) is 42.5 Å². The van der Waals surface area contributed by atoms with Crippen molar-refractivity contribution >= 4 is 5.91 Å². The minimum absolute atomic E-state index is 0.00953. The summed E-state index contributed by atoms with van der Waals surface area (Å²) in [5, 5.41) is 0. The quantitative estimate of drug-likeness (QED) is 0.922. The van der Waals surface area contributed by atoms with Crippen molar-refractivity contribution in [2.24, 2.45) is 5.73 Å². The van der Waals surface area contributed by atoms with E-state index in [-0.39, 0.29) is 23.3 Å². The lowest BCUT2D eigenvalue weighted by molar-refractivity contribution is -0.133. The van der Waals surface area contributed by atoms with E-state index in [9.17, 15) is 4.79 Å². The van der Waals surface area contributed by atoms with Gasteiger partial charge in [-0.2, -0.15) is 0 Å². The lowest BCUT2D eigenvalue weighted by atomic mass is 9.93. The van der Waals surface area contributed by atoms with Gasteiger partial charge in [-0.25, -0.2) is 0 Å². The maximum absolute atomic E-state index is 13.4. The van der Waals surface area contributed by atoms with Crippen molar-refractivity contribution < 1.29 is 9.53 Å². The summed E-state index contributed by atoms with van der Waals surface area (Å²) < 4.78 is 5.46. The van der Waals surface area contributed by atoms with Gasteiger partial charge in [-0.15, -0.1) is 0 Å². The minimum Gasteiger partial charge on any atom is -0.496 e. The standard InChI is InChI=1S/C22H26N2O2/c1-15-8-9-17(12-20(15)26-2)22(10-11-22)21(25)24-13-18(19(23)14-24)16-6-4-3-5-7-16/h3-9,12,18-19H,10-11,13-14,23H2,1-2H3/t18-,19+/m0/s1. The van der Waals surface area contributed by atoms with Gasteiger partial charge in [0.2, 0.25) is 5.91 Å². The van der Waals surface area contributed by atoms with E-state index in [0.717, 1.165) is 29.7 Å². The van der Waals surface area contributed by atoms with Crippen LogP contribution in [0, 0.1) is 6.92 Å². The molecule has 0 bridgehead atoms. The number of nitrogens with zero attached hydrogens (tertiary/aromatic N) is 1. The van der Waals surface area contributed by atoms with Crippen LogP contribution in [0.5, 0.6) is 5.75 Å². The molecule has 0 unspecified atom stereocenters. The molecule has 2 N–H and O–H groups in total. The molecule has 4 heteroatoms. The summed E-state index contributed by atoms with van der Waals surface area (Å²) in [7, 11) is 1.68. The van der Waals surface area contributed by atoms with Gasteiger partial charge >= 0.3 is 0 Å². The zero-order chi connectivity index (χ0) is 18.3. The number of amides is 1. The van der Waals surface area contributed by atoms with Crippen LogP contribution in [0.2, 0.25) is 0 Å². The van der Waals surface area contributed by atoms with E-state index < -0.39 is 0 Å². The Bertz CT molecular complexity index is 814. The van der Waals surface area contributed by atoms with E-state index in [1.54, 1.807) is 7.11 Å².